The number of halogens is 2. The van der Waals surface area contributed by atoms with Crippen molar-refractivity contribution in [2.45, 2.75) is 18.6 Å². The van der Waals surface area contributed by atoms with E-state index < -0.39 is 23.7 Å². The molecule has 1 aliphatic heterocycles. The third-order valence-electron chi connectivity index (χ3n) is 5.20. The number of nitrogens with zero attached hydrogens (tertiary/aromatic N) is 1. The number of aromatic hydroxyl groups is 1. The number of rotatable bonds is 5. The smallest absolute Gasteiger partial charge is 0.264 e. The molecule has 4 rings (SSSR count). The van der Waals surface area contributed by atoms with E-state index in [-0.39, 0.29) is 17.9 Å². The van der Waals surface area contributed by atoms with Crippen molar-refractivity contribution in [1.82, 2.24) is 0 Å². The molecular weight excluding hydrogens is 470 g/mol. The molecule has 3 aromatic rings. The van der Waals surface area contributed by atoms with Crippen molar-refractivity contribution in [2.24, 2.45) is 0 Å². The van der Waals surface area contributed by atoms with E-state index in [0.29, 0.717) is 20.7 Å². The van der Waals surface area contributed by atoms with Gasteiger partial charge in [0.1, 0.15) is 5.75 Å². The number of phenolic OH excluding ortho intramolecular Hbond substituents is 1. The number of ketones is 1. The van der Waals surface area contributed by atoms with Gasteiger partial charge in [0.05, 0.1) is 24.2 Å². The Morgan fingerprint density at radius 1 is 1.07 bits per heavy atom. The van der Waals surface area contributed by atoms with E-state index in [2.05, 4.69) is 15.9 Å². The van der Waals surface area contributed by atoms with Crippen LogP contribution in [0.1, 0.15) is 27.9 Å². The zero-order valence-corrected chi connectivity index (χ0v) is 18.0. The van der Waals surface area contributed by atoms with Gasteiger partial charge in [-0.2, -0.15) is 0 Å². The molecule has 0 saturated heterocycles. The van der Waals surface area contributed by atoms with Crippen LogP contribution >= 0.6 is 27.5 Å². The molecule has 0 saturated carbocycles. The molecule has 0 unspecified atom stereocenters. The molecule has 0 bridgehead atoms. The Balaban J connectivity index is 1.74. The molecule has 3 aromatic carbocycles. The first kappa shape index (κ1) is 20.6. The number of carbonyl (C=O) groups is 2. The molecule has 2 N–H and O–H groups in total. The van der Waals surface area contributed by atoms with E-state index in [1.807, 2.05) is 6.07 Å². The standard InChI is InChI=1S/C23H17BrClNO4/c24-15-9-10-19-17(11-15)23(30,12-21(28)16-6-2-4-8-20(16)27)22(29)26(19)13-14-5-1-3-7-18(14)25/h1-11,27,30H,12-13H2/t23-/m0/s1. The van der Waals surface area contributed by atoms with Crippen molar-refractivity contribution in [1.29, 1.82) is 0 Å². The molecule has 0 fully saturated rings. The predicted octanol–water partition coefficient (Wildman–Crippen LogP) is 4.82. The van der Waals surface area contributed by atoms with Crippen LogP contribution in [0.2, 0.25) is 5.02 Å². The number of Topliss-reactive ketones (excluding diaryl/α,β-unsaturated/α-hetero) is 1. The van der Waals surface area contributed by atoms with Gasteiger partial charge in [0.2, 0.25) is 0 Å². The highest BCUT2D eigenvalue weighted by Crippen LogP contribution is 2.45. The SMILES string of the molecule is O=C(C[C@@]1(O)C(=O)N(Cc2ccccc2Cl)c2ccc(Br)cc21)c1ccccc1O. The van der Waals surface area contributed by atoms with Crippen molar-refractivity contribution in [3.8, 4) is 5.75 Å². The number of para-hydroxylation sites is 1. The van der Waals surface area contributed by atoms with Gasteiger partial charge in [0.15, 0.2) is 11.4 Å². The molecular formula is C23H17BrClNO4. The second-order valence-electron chi connectivity index (χ2n) is 7.12. The maximum Gasteiger partial charge on any atom is 0.264 e. The second kappa shape index (κ2) is 7.87. The van der Waals surface area contributed by atoms with Gasteiger partial charge in [0.25, 0.3) is 5.91 Å². The first-order valence-electron chi connectivity index (χ1n) is 9.20. The number of amides is 1. The Kier molecular flexibility index (Phi) is 5.40. The van der Waals surface area contributed by atoms with Gasteiger partial charge in [-0.05, 0) is 42.0 Å². The van der Waals surface area contributed by atoms with Gasteiger partial charge in [-0.3, -0.25) is 9.59 Å². The molecule has 1 heterocycles. The Hall–Kier alpha value is -2.67. The van der Waals surface area contributed by atoms with Crippen LogP contribution in [0.15, 0.2) is 71.2 Å². The van der Waals surface area contributed by atoms with Crippen molar-refractivity contribution in [2.75, 3.05) is 4.90 Å². The average molecular weight is 487 g/mol. The molecule has 7 heteroatoms. The van der Waals surface area contributed by atoms with E-state index in [1.54, 1.807) is 48.5 Å². The number of benzene rings is 3. The number of anilines is 1. The van der Waals surface area contributed by atoms with Crippen molar-refractivity contribution in [3.05, 3.63) is 92.9 Å². The van der Waals surface area contributed by atoms with Gasteiger partial charge < -0.3 is 15.1 Å². The molecule has 152 valence electrons. The highest BCUT2D eigenvalue weighted by Gasteiger charge is 2.51. The van der Waals surface area contributed by atoms with Crippen LogP contribution in [0.5, 0.6) is 5.75 Å². The first-order chi connectivity index (χ1) is 14.3. The van der Waals surface area contributed by atoms with Crippen LogP contribution in [-0.2, 0) is 16.9 Å². The number of hydrogen-bond acceptors (Lipinski definition) is 4. The normalized spacial score (nSPS) is 17.8. The summed E-state index contributed by atoms with van der Waals surface area (Å²) in [5.74, 6) is -1.34. The van der Waals surface area contributed by atoms with Gasteiger partial charge in [-0.1, -0.05) is 57.9 Å². The third-order valence-corrected chi connectivity index (χ3v) is 6.06. The summed E-state index contributed by atoms with van der Waals surface area (Å²) in [5.41, 5.74) is -0.439. The Labute approximate surface area is 186 Å². The zero-order valence-electron chi connectivity index (χ0n) is 15.7. The molecule has 5 nitrogen and oxygen atoms in total. The lowest BCUT2D eigenvalue weighted by Gasteiger charge is -2.23. The Bertz CT molecular complexity index is 1170. The Morgan fingerprint density at radius 2 is 1.77 bits per heavy atom. The number of aliphatic hydroxyl groups is 1. The van der Waals surface area contributed by atoms with Gasteiger partial charge in [-0.25, -0.2) is 0 Å². The van der Waals surface area contributed by atoms with E-state index in [9.17, 15) is 19.8 Å². The maximum absolute atomic E-state index is 13.4. The molecule has 0 radical (unpaired) electrons. The van der Waals surface area contributed by atoms with Gasteiger partial charge in [0, 0.05) is 15.1 Å². The highest BCUT2D eigenvalue weighted by atomic mass is 79.9. The summed E-state index contributed by atoms with van der Waals surface area (Å²) in [4.78, 5) is 27.7. The van der Waals surface area contributed by atoms with E-state index in [4.69, 9.17) is 11.6 Å². The zero-order chi connectivity index (χ0) is 21.5. The first-order valence-corrected chi connectivity index (χ1v) is 10.4. The molecule has 1 amide bonds. The average Bonchev–Trinajstić information content (AvgIpc) is 2.91. The summed E-state index contributed by atoms with van der Waals surface area (Å²) in [6, 6.07) is 18.3. The summed E-state index contributed by atoms with van der Waals surface area (Å²) in [7, 11) is 0. The topological polar surface area (TPSA) is 77.8 Å². The van der Waals surface area contributed by atoms with Crippen LogP contribution < -0.4 is 4.90 Å². The maximum atomic E-state index is 13.4. The predicted molar refractivity (Wildman–Crippen MR) is 118 cm³/mol. The minimum atomic E-state index is -2.06. The van der Waals surface area contributed by atoms with Crippen molar-refractivity contribution >= 4 is 44.9 Å². The summed E-state index contributed by atoms with van der Waals surface area (Å²) in [6.45, 7) is 0.153. The minimum Gasteiger partial charge on any atom is -0.507 e. The van der Waals surface area contributed by atoms with Crippen LogP contribution in [0.4, 0.5) is 5.69 Å². The highest BCUT2D eigenvalue weighted by molar-refractivity contribution is 9.10. The van der Waals surface area contributed by atoms with E-state index in [1.165, 1.54) is 17.0 Å². The lowest BCUT2D eigenvalue weighted by atomic mass is 9.88. The molecule has 0 aliphatic carbocycles. The lowest BCUT2D eigenvalue weighted by Crippen LogP contribution is -2.41. The van der Waals surface area contributed by atoms with Crippen LogP contribution in [0, 0.1) is 0 Å². The van der Waals surface area contributed by atoms with E-state index in [0.717, 1.165) is 5.56 Å². The number of carbonyl (C=O) groups excluding carboxylic acids is 2. The molecule has 0 spiro atoms. The molecule has 0 aromatic heterocycles. The minimum absolute atomic E-state index is 0.0554. The van der Waals surface area contributed by atoms with Gasteiger partial charge >= 0.3 is 0 Å². The number of fused-ring (bicyclic) bond motifs is 1. The van der Waals surface area contributed by atoms with E-state index >= 15 is 0 Å². The quantitative estimate of drug-likeness (QED) is 0.507. The van der Waals surface area contributed by atoms with Crippen molar-refractivity contribution in [3.63, 3.8) is 0 Å². The van der Waals surface area contributed by atoms with Gasteiger partial charge in [-0.15, -0.1) is 0 Å². The fraction of sp³-hybridized carbons (Fsp3) is 0.130. The summed E-state index contributed by atoms with van der Waals surface area (Å²) >= 11 is 9.64. The second-order valence-corrected chi connectivity index (χ2v) is 8.44. The summed E-state index contributed by atoms with van der Waals surface area (Å²) in [6.07, 6.45) is -0.494. The third kappa shape index (κ3) is 3.51. The summed E-state index contributed by atoms with van der Waals surface area (Å²) < 4.78 is 0.669. The Morgan fingerprint density at radius 3 is 2.50 bits per heavy atom. The number of hydrogen-bond donors (Lipinski definition) is 2. The molecule has 1 atom stereocenters. The monoisotopic (exact) mass is 485 g/mol. The van der Waals surface area contributed by atoms with Crippen molar-refractivity contribution < 1.29 is 19.8 Å². The summed E-state index contributed by atoms with van der Waals surface area (Å²) in [5, 5.41) is 21.9. The fourth-order valence-electron chi connectivity index (χ4n) is 3.68. The molecule has 1 aliphatic rings. The van der Waals surface area contributed by atoms with Crippen LogP contribution in [0.3, 0.4) is 0 Å². The molecule has 30 heavy (non-hydrogen) atoms. The fourth-order valence-corrected chi connectivity index (χ4v) is 4.24. The van der Waals surface area contributed by atoms with Crippen LogP contribution in [-0.4, -0.2) is 21.9 Å². The largest absolute Gasteiger partial charge is 0.507 e. The lowest BCUT2D eigenvalue weighted by molar-refractivity contribution is -0.136. The van der Waals surface area contributed by atoms with Crippen LogP contribution in [0.25, 0.3) is 0 Å². The number of phenols is 1.